The molecule has 162 valence electrons. The molecule has 5 aromatic rings. The SMILES string of the molecule is Cc1cc(NC(=S)NC(=O)c2cccc3ccccc23)cc(-c2nc3ccccc3o2)c1O. The van der Waals surface area contributed by atoms with Crippen molar-refractivity contribution in [3.05, 3.63) is 90.0 Å². The van der Waals surface area contributed by atoms with Crippen LogP contribution in [0, 0.1) is 6.92 Å². The number of nitrogens with zero attached hydrogens (tertiary/aromatic N) is 1. The van der Waals surface area contributed by atoms with Gasteiger partial charge in [-0.1, -0.05) is 48.5 Å². The van der Waals surface area contributed by atoms with Gasteiger partial charge in [-0.3, -0.25) is 10.1 Å². The summed E-state index contributed by atoms with van der Waals surface area (Å²) in [7, 11) is 0. The Bertz CT molecular complexity index is 1500. The first-order valence-corrected chi connectivity index (χ1v) is 10.7. The molecule has 0 aliphatic carbocycles. The van der Waals surface area contributed by atoms with Gasteiger partial charge in [0.25, 0.3) is 5.91 Å². The molecule has 4 aromatic carbocycles. The van der Waals surface area contributed by atoms with Gasteiger partial charge in [-0.05, 0) is 65.8 Å². The van der Waals surface area contributed by atoms with Crippen molar-refractivity contribution in [3.63, 3.8) is 0 Å². The third-order valence-corrected chi connectivity index (χ3v) is 5.55. The molecule has 0 saturated carbocycles. The highest BCUT2D eigenvalue weighted by Gasteiger charge is 2.17. The molecule has 33 heavy (non-hydrogen) atoms. The van der Waals surface area contributed by atoms with Crippen LogP contribution in [-0.4, -0.2) is 21.1 Å². The van der Waals surface area contributed by atoms with Gasteiger partial charge in [0.05, 0.1) is 5.56 Å². The number of phenolic OH excluding ortho intramolecular Hbond substituents is 1. The van der Waals surface area contributed by atoms with E-state index in [2.05, 4.69) is 15.6 Å². The van der Waals surface area contributed by atoms with E-state index < -0.39 is 0 Å². The molecule has 0 spiro atoms. The summed E-state index contributed by atoms with van der Waals surface area (Å²) in [6.45, 7) is 1.77. The predicted octanol–water partition coefficient (Wildman–Crippen LogP) is 5.79. The number of aromatic nitrogens is 1. The van der Waals surface area contributed by atoms with Gasteiger partial charge >= 0.3 is 0 Å². The highest BCUT2D eigenvalue weighted by Crippen LogP contribution is 2.36. The lowest BCUT2D eigenvalue weighted by atomic mass is 10.0. The lowest BCUT2D eigenvalue weighted by Crippen LogP contribution is -2.34. The Hall–Kier alpha value is -4.23. The van der Waals surface area contributed by atoms with E-state index in [0.29, 0.717) is 39.4 Å². The summed E-state index contributed by atoms with van der Waals surface area (Å²) in [6, 6.07) is 24.0. The van der Waals surface area contributed by atoms with Gasteiger partial charge in [0, 0.05) is 11.3 Å². The minimum atomic E-state index is -0.307. The maximum Gasteiger partial charge on any atom is 0.258 e. The standard InChI is InChI=1S/C26H19N3O3S/c1-15-13-17(14-20(23(15)30)25-28-21-11-4-5-12-22(21)32-25)27-26(33)29-24(31)19-10-6-8-16-7-2-3-9-18(16)19/h2-14,30H,1H3,(H2,27,29,31,33). The molecule has 1 amide bonds. The van der Waals surface area contributed by atoms with Crippen molar-refractivity contribution in [2.45, 2.75) is 6.92 Å². The van der Waals surface area contributed by atoms with E-state index in [-0.39, 0.29) is 16.8 Å². The van der Waals surface area contributed by atoms with Crippen LogP contribution in [0.3, 0.4) is 0 Å². The number of oxazole rings is 1. The number of fused-ring (bicyclic) bond motifs is 2. The van der Waals surface area contributed by atoms with Gasteiger partial charge in [-0.25, -0.2) is 4.98 Å². The highest BCUT2D eigenvalue weighted by molar-refractivity contribution is 7.80. The third-order valence-electron chi connectivity index (χ3n) is 5.34. The molecule has 0 aliphatic heterocycles. The molecule has 0 unspecified atom stereocenters. The zero-order valence-electron chi connectivity index (χ0n) is 17.6. The number of carbonyl (C=O) groups is 1. The summed E-state index contributed by atoms with van der Waals surface area (Å²) in [5, 5.41) is 18.3. The fourth-order valence-corrected chi connectivity index (χ4v) is 3.97. The molecule has 7 heteroatoms. The van der Waals surface area contributed by atoms with Gasteiger partial charge in [-0.2, -0.15) is 0 Å². The topological polar surface area (TPSA) is 87.4 Å². The van der Waals surface area contributed by atoms with E-state index in [0.717, 1.165) is 10.8 Å². The highest BCUT2D eigenvalue weighted by atomic mass is 32.1. The number of hydrogen-bond acceptors (Lipinski definition) is 5. The molecule has 3 N–H and O–H groups in total. The second-order valence-corrected chi connectivity index (χ2v) is 8.02. The summed E-state index contributed by atoms with van der Waals surface area (Å²) in [4.78, 5) is 17.3. The van der Waals surface area contributed by atoms with E-state index in [1.807, 2.05) is 60.7 Å². The Kier molecular flexibility index (Phi) is 5.24. The Morgan fingerprint density at radius 3 is 2.61 bits per heavy atom. The minimum Gasteiger partial charge on any atom is -0.507 e. The normalized spacial score (nSPS) is 10.9. The largest absolute Gasteiger partial charge is 0.507 e. The number of rotatable bonds is 3. The predicted molar refractivity (Wildman–Crippen MR) is 133 cm³/mol. The molecule has 1 aromatic heterocycles. The van der Waals surface area contributed by atoms with Crippen LogP contribution in [0.1, 0.15) is 15.9 Å². The second-order valence-electron chi connectivity index (χ2n) is 7.61. The number of thiocarbonyl (C=S) groups is 1. The molecular weight excluding hydrogens is 434 g/mol. The van der Waals surface area contributed by atoms with Crippen LogP contribution in [0.5, 0.6) is 5.75 Å². The molecule has 6 nitrogen and oxygen atoms in total. The third kappa shape index (κ3) is 4.02. The fraction of sp³-hybridized carbons (Fsp3) is 0.0385. The lowest BCUT2D eigenvalue weighted by Gasteiger charge is -2.13. The molecular formula is C26H19N3O3S. The van der Waals surface area contributed by atoms with Crippen LogP contribution < -0.4 is 10.6 Å². The van der Waals surface area contributed by atoms with E-state index in [1.54, 1.807) is 25.1 Å². The number of hydrogen-bond donors (Lipinski definition) is 3. The lowest BCUT2D eigenvalue weighted by molar-refractivity contribution is 0.0979. The summed E-state index contributed by atoms with van der Waals surface area (Å²) in [5.41, 5.74) is 3.48. The van der Waals surface area contributed by atoms with Crippen molar-refractivity contribution >= 4 is 50.8 Å². The molecule has 1 heterocycles. The molecule has 0 saturated heterocycles. The van der Waals surface area contributed by atoms with E-state index >= 15 is 0 Å². The summed E-state index contributed by atoms with van der Waals surface area (Å²) < 4.78 is 5.81. The Morgan fingerprint density at radius 1 is 1.00 bits per heavy atom. The minimum absolute atomic E-state index is 0.0674. The summed E-state index contributed by atoms with van der Waals surface area (Å²) >= 11 is 5.38. The number of para-hydroxylation sites is 2. The van der Waals surface area contributed by atoms with Crippen LogP contribution in [0.2, 0.25) is 0 Å². The maximum atomic E-state index is 12.9. The number of nitrogens with one attached hydrogen (secondary N) is 2. The number of aryl methyl sites for hydroxylation is 1. The molecule has 0 atom stereocenters. The average Bonchev–Trinajstić information content (AvgIpc) is 3.25. The number of amides is 1. The number of anilines is 1. The molecule has 0 fully saturated rings. The fourth-order valence-electron chi connectivity index (χ4n) is 3.76. The smallest absolute Gasteiger partial charge is 0.258 e. The van der Waals surface area contributed by atoms with Crippen molar-refractivity contribution < 1.29 is 14.3 Å². The molecule has 0 aliphatic rings. The number of carbonyl (C=O) groups excluding carboxylic acids is 1. The quantitative estimate of drug-likeness (QED) is 0.237. The van der Waals surface area contributed by atoms with Gasteiger partial charge in [-0.15, -0.1) is 0 Å². The van der Waals surface area contributed by atoms with Gasteiger partial charge in [0.15, 0.2) is 10.7 Å². The van der Waals surface area contributed by atoms with Crippen molar-refractivity contribution in [3.8, 4) is 17.2 Å². The molecule has 5 rings (SSSR count). The Morgan fingerprint density at radius 2 is 1.76 bits per heavy atom. The first-order valence-electron chi connectivity index (χ1n) is 10.3. The summed E-state index contributed by atoms with van der Waals surface area (Å²) in [6.07, 6.45) is 0. The van der Waals surface area contributed by atoms with E-state index in [1.165, 1.54) is 0 Å². The van der Waals surface area contributed by atoms with Crippen molar-refractivity contribution in [1.82, 2.24) is 10.3 Å². The molecule has 0 bridgehead atoms. The van der Waals surface area contributed by atoms with Gasteiger partial charge in [0.1, 0.15) is 11.3 Å². The molecule has 0 radical (unpaired) electrons. The van der Waals surface area contributed by atoms with Crippen molar-refractivity contribution in [2.75, 3.05) is 5.32 Å². The van der Waals surface area contributed by atoms with Crippen LogP contribution in [-0.2, 0) is 0 Å². The Balaban J connectivity index is 1.40. The van der Waals surface area contributed by atoms with Gasteiger partial charge < -0.3 is 14.8 Å². The first-order chi connectivity index (χ1) is 16.0. The monoisotopic (exact) mass is 453 g/mol. The van der Waals surface area contributed by atoms with Crippen LogP contribution in [0.25, 0.3) is 33.3 Å². The van der Waals surface area contributed by atoms with Gasteiger partial charge in [0.2, 0.25) is 5.89 Å². The van der Waals surface area contributed by atoms with Crippen LogP contribution in [0.4, 0.5) is 5.69 Å². The zero-order chi connectivity index (χ0) is 22.9. The Labute approximate surface area is 194 Å². The van der Waals surface area contributed by atoms with Crippen molar-refractivity contribution in [1.29, 1.82) is 0 Å². The number of aromatic hydroxyl groups is 1. The second kappa shape index (κ2) is 8.37. The van der Waals surface area contributed by atoms with Crippen LogP contribution in [0.15, 0.2) is 83.3 Å². The number of benzene rings is 4. The van der Waals surface area contributed by atoms with Crippen LogP contribution >= 0.6 is 12.2 Å². The average molecular weight is 454 g/mol. The zero-order valence-corrected chi connectivity index (χ0v) is 18.4. The van der Waals surface area contributed by atoms with E-state index in [4.69, 9.17) is 16.6 Å². The summed E-state index contributed by atoms with van der Waals surface area (Å²) in [5.74, 6) is 0.0583. The first kappa shape index (κ1) is 20.7. The number of phenols is 1. The van der Waals surface area contributed by atoms with E-state index in [9.17, 15) is 9.90 Å². The maximum absolute atomic E-state index is 12.9. The van der Waals surface area contributed by atoms with Crippen molar-refractivity contribution in [2.24, 2.45) is 0 Å².